The summed E-state index contributed by atoms with van der Waals surface area (Å²) < 4.78 is 1.11. The zero-order valence-electron chi connectivity index (χ0n) is 13.3. The normalized spacial score (nSPS) is 22.4. The Bertz CT molecular complexity index is 486. The Hall–Kier alpha value is -0.910. The maximum absolute atomic E-state index is 10.8. The van der Waals surface area contributed by atoms with E-state index in [4.69, 9.17) is 5.11 Å². The molecule has 0 radical (unpaired) electrons. The van der Waals surface area contributed by atoms with Crippen LogP contribution >= 0.6 is 15.9 Å². The molecule has 0 saturated heterocycles. The topological polar surface area (TPSA) is 52.6 Å². The summed E-state index contributed by atoms with van der Waals surface area (Å²) in [6.07, 6.45) is 3.11. The van der Waals surface area contributed by atoms with Crippen LogP contribution in [-0.4, -0.2) is 47.2 Å². The lowest BCUT2D eigenvalue weighted by atomic mass is 9.84. The van der Waals surface area contributed by atoms with Crippen LogP contribution < -0.4 is 5.32 Å². The Balaban J connectivity index is 1.72. The van der Waals surface area contributed by atoms with E-state index in [1.807, 2.05) is 6.92 Å². The molecule has 0 spiro atoms. The minimum atomic E-state index is -0.734. The molecule has 1 aromatic carbocycles. The fraction of sp³-hybridized carbons (Fsp3) is 0.588. The lowest BCUT2D eigenvalue weighted by molar-refractivity contribution is -0.139. The third-order valence-corrected chi connectivity index (χ3v) is 4.88. The first-order valence-electron chi connectivity index (χ1n) is 7.94. The number of hydrogen-bond acceptors (Lipinski definition) is 3. The quantitative estimate of drug-likeness (QED) is 0.740. The molecule has 1 saturated carbocycles. The highest BCUT2D eigenvalue weighted by molar-refractivity contribution is 9.10. The molecule has 2 rings (SSSR count). The molecule has 1 atom stereocenters. The molecule has 1 fully saturated rings. The molecule has 1 aromatic rings. The minimum absolute atomic E-state index is 0.155. The molecule has 0 amide bonds. The van der Waals surface area contributed by atoms with Crippen LogP contribution in [0.3, 0.4) is 0 Å². The van der Waals surface area contributed by atoms with Crippen LogP contribution in [0.25, 0.3) is 0 Å². The number of nitrogens with one attached hydrogen (secondary N) is 1. The molecular weight excluding hydrogens is 344 g/mol. The molecule has 1 aliphatic rings. The second-order valence-corrected chi connectivity index (χ2v) is 7.09. The number of hydrogen-bond donors (Lipinski definition) is 2. The third kappa shape index (κ3) is 5.07. The van der Waals surface area contributed by atoms with Gasteiger partial charge < -0.3 is 10.4 Å². The average molecular weight is 369 g/mol. The highest BCUT2D eigenvalue weighted by Crippen LogP contribution is 2.26. The van der Waals surface area contributed by atoms with Crippen LogP contribution in [0.2, 0.25) is 0 Å². The predicted molar refractivity (Wildman–Crippen MR) is 92.1 cm³/mol. The van der Waals surface area contributed by atoms with Crippen molar-refractivity contribution in [2.45, 2.75) is 51.2 Å². The Morgan fingerprint density at radius 2 is 2.05 bits per heavy atom. The van der Waals surface area contributed by atoms with Crippen LogP contribution in [0.1, 0.15) is 32.3 Å². The van der Waals surface area contributed by atoms with Gasteiger partial charge in [0.2, 0.25) is 0 Å². The fourth-order valence-corrected chi connectivity index (χ4v) is 3.39. The number of benzene rings is 1. The SMILES string of the molecule is CCN(CC(=O)O)C1CC(NC(C)Cc2ccc(Br)cc2)C1. The smallest absolute Gasteiger partial charge is 0.317 e. The van der Waals surface area contributed by atoms with Crippen LogP contribution in [0, 0.1) is 0 Å². The Kier molecular flexibility index (Phi) is 6.41. The first kappa shape index (κ1) is 17.4. The van der Waals surface area contributed by atoms with E-state index in [0.717, 1.165) is 30.3 Å². The van der Waals surface area contributed by atoms with E-state index in [1.165, 1.54) is 5.56 Å². The minimum Gasteiger partial charge on any atom is -0.480 e. The van der Waals surface area contributed by atoms with Crippen LogP contribution in [-0.2, 0) is 11.2 Å². The number of carbonyl (C=O) groups is 1. The molecule has 0 aliphatic heterocycles. The van der Waals surface area contributed by atoms with Gasteiger partial charge in [0.15, 0.2) is 0 Å². The monoisotopic (exact) mass is 368 g/mol. The Morgan fingerprint density at radius 1 is 1.41 bits per heavy atom. The number of carboxylic acids is 1. The summed E-state index contributed by atoms with van der Waals surface area (Å²) >= 11 is 3.45. The second-order valence-electron chi connectivity index (χ2n) is 6.18. The lowest BCUT2D eigenvalue weighted by Crippen LogP contribution is -2.55. The Labute approximate surface area is 141 Å². The van der Waals surface area contributed by atoms with E-state index < -0.39 is 5.97 Å². The van der Waals surface area contributed by atoms with Crippen LogP contribution in [0.5, 0.6) is 0 Å². The Morgan fingerprint density at radius 3 is 2.59 bits per heavy atom. The summed E-state index contributed by atoms with van der Waals surface area (Å²) in [6.45, 7) is 5.20. The van der Waals surface area contributed by atoms with Crippen molar-refractivity contribution < 1.29 is 9.90 Å². The molecule has 1 aliphatic carbocycles. The van der Waals surface area contributed by atoms with Gasteiger partial charge in [-0.1, -0.05) is 35.0 Å². The molecule has 1 unspecified atom stereocenters. The summed E-state index contributed by atoms with van der Waals surface area (Å²) in [6, 6.07) is 9.81. The summed E-state index contributed by atoms with van der Waals surface area (Å²) in [5.41, 5.74) is 1.33. The molecule has 2 N–H and O–H groups in total. The maximum atomic E-state index is 10.8. The second kappa shape index (κ2) is 8.09. The number of halogens is 1. The number of carboxylic acid groups (broad SMARTS) is 1. The highest BCUT2D eigenvalue weighted by atomic mass is 79.9. The van der Waals surface area contributed by atoms with Gasteiger partial charge in [-0.25, -0.2) is 0 Å². The van der Waals surface area contributed by atoms with Crippen molar-refractivity contribution in [3.63, 3.8) is 0 Å². The fourth-order valence-electron chi connectivity index (χ4n) is 3.13. The predicted octanol–water partition coefficient (Wildman–Crippen LogP) is 2.91. The van der Waals surface area contributed by atoms with Gasteiger partial charge in [-0.3, -0.25) is 9.69 Å². The van der Waals surface area contributed by atoms with Crippen molar-refractivity contribution in [3.8, 4) is 0 Å². The molecule has 4 nitrogen and oxygen atoms in total. The van der Waals surface area contributed by atoms with Crippen molar-refractivity contribution >= 4 is 21.9 Å². The summed E-state index contributed by atoms with van der Waals surface area (Å²) in [5.74, 6) is -0.734. The van der Waals surface area contributed by atoms with Gasteiger partial charge in [0, 0.05) is 22.6 Å². The van der Waals surface area contributed by atoms with Crippen molar-refractivity contribution in [2.75, 3.05) is 13.1 Å². The van der Waals surface area contributed by atoms with Gasteiger partial charge in [-0.2, -0.15) is 0 Å². The van der Waals surface area contributed by atoms with Crippen molar-refractivity contribution in [1.82, 2.24) is 10.2 Å². The molecule has 122 valence electrons. The van der Waals surface area contributed by atoms with Gasteiger partial charge in [-0.15, -0.1) is 0 Å². The van der Waals surface area contributed by atoms with Gasteiger partial charge in [0.05, 0.1) is 6.54 Å². The van der Waals surface area contributed by atoms with Gasteiger partial charge in [-0.05, 0) is 50.4 Å². The van der Waals surface area contributed by atoms with Crippen molar-refractivity contribution in [3.05, 3.63) is 34.3 Å². The molecule has 0 aromatic heterocycles. The van der Waals surface area contributed by atoms with E-state index in [1.54, 1.807) is 0 Å². The largest absolute Gasteiger partial charge is 0.480 e. The van der Waals surface area contributed by atoms with E-state index in [-0.39, 0.29) is 6.54 Å². The lowest BCUT2D eigenvalue weighted by Gasteiger charge is -2.43. The summed E-state index contributed by atoms with van der Waals surface area (Å²) in [7, 11) is 0. The maximum Gasteiger partial charge on any atom is 0.317 e. The van der Waals surface area contributed by atoms with Gasteiger partial charge in [0.1, 0.15) is 0 Å². The average Bonchev–Trinajstić information content (AvgIpc) is 2.42. The van der Waals surface area contributed by atoms with Crippen molar-refractivity contribution in [1.29, 1.82) is 0 Å². The number of likely N-dealkylation sites (N-methyl/N-ethyl adjacent to an activating group) is 1. The van der Waals surface area contributed by atoms with Crippen LogP contribution in [0.4, 0.5) is 0 Å². The number of nitrogens with zero attached hydrogens (tertiary/aromatic N) is 1. The number of aliphatic carboxylic acids is 1. The van der Waals surface area contributed by atoms with Gasteiger partial charge in [0.25, 0.3) is 0 Å². The van der Waals surface area contributed by atoms with Crippen molar-refractivity contribution in [2.24, 2.45) is 0 Å². The van der Waals surface area contributed by atoms with E-state index in [2.05, 4.69) is 57.3 Å². The molecular formula is C17H25BrN2O2. The molecule has 0 bridgehead atoms. The van der Waals surface area contributed by atoms with E-state index >= 15 is 0 Å². The zero-order valence-corrected chi connectivity index (χ0v) is 14.8. The van der Waals surface area contributed by atoms with E-state index in [9.17, 15) is 4.79 Å². The molecule has 22 heavy (non-hydrogen) atoms. The standard InChI is InChI=1S/C17H25BrN2O2/c1-3-20(11-17(21)22)16-9-15(10-16)19-12(2)8-13-4-6-14(18)7-5-13/h4-7,12,15-16,19H,3,8-11H2,1-2H3,(H,21,22). The third-order valence-electron chi connectivity index (χ3n) is 4.35. The van der Waals surface area contributed by atoms with Gasteiger partial charge >= 0.3 is 5.97 Å². The van der Waals surface area contributed by atoms with E-state index in [0.29, 0.717) is 18.1 Å². The number of rotatable bonds is 8. The van der Waals surface area contributed by atoms with Crippen LogP contribution in [0.15, 0.2) is 28.7 Å². The molecule has 5 heteroatoms. The highest BCUT2D eigenvalue weighted by Gasteiger charge is 2.34. The first-order valence-corrected chi connectivity index (χ1v) is 8.73. The first-order chi connectivity index (χ1) is 10.5. The zero-order chi connectivity index (χ0) is 16.1. The molecule has 0 heterocycles. The summed E-state index contributed by atoms with van der Waals surface area (Å²) in [5, 5.41) is 12.6. The summed E-state index contributed by atoms with van der Waals surface area (Å²) in [4.78, 5) is 12.9.